The first-order valence-corrected chi connectivity index (χ1v) is 11.8. The molecule has 0 bridgehead atoms. The van der Waals surface area contributed by atoms with Crippen LogP contribution >= 0.6 is 0 Å². The Morgan fingerprint density at radius 3 is 2.52 bits per heavy atom. The van der Waals surface area contributed by atoms with Crippen molar-refractivity contribution in [3.05, 3.63) is 77.1 Å². The maximum Gasteiger partial charge on any atom is 0.373 e. The summed E-state index contributed by atoms with van der Waals surface area (Å²) < 4.78 is 39.7. The predicted octanol–water partition coefficient (Wildman–Crippen LogP) is 4.05. The lowest BCUT2D eigenvalue weighted by molar-refractivity contribution is -0.151. The molecule has 1 spiro atoms. The van der Waals surface area contributed by atoms with E-state index in [0.29, 0.717) is 25.8 Å². The first-order valence-electron chi connectivity index (χ1n) is 10.4. The number of hydrogen-bond donors (Lipinski definition) is 0. The van der Waals surface area contributed by atoms with Crippen LogP contribution in [0.4, 0.5) is 0 Å². The summed E-state index contributed by atoms with van der Waals surface area (Å²) in [6.45, 7) is 4.27. The Morgan fingerprint density at radius 2 is 1.84 bits per heavy atom. The molecule has 0 radical (unpaired) electrons. The molecule has 4 rings (SSSR count). The quantitative estimate of drug-likeness (QED) is 0.670. The van der Waals surface area contributed by atoms with Crippen LogP contribution in [0.5, 0.6) is 0 Å². The summed E-state index contributed by atoms with van der Waals surface area (Å²) in [5.74, 6) is -0.705. The average Bonchev–Trinajstić information content (AvgIpc) is 3.16. The van der Waals surface area contributed by atoms with Crippen LogP contribution in [0.15, 0.2) is 65.3 Å². The smallest absolute Gasteiger partial charge is 0.373 e. The van der Waals surface area contributed by atoms with Gasteiger partial charge in [0, 0.05) is 25.3 Å². The second-order valence-corrected chi connectivity index (χ2v) is 10.1. The van der Waals surface area contributed by atoms with Crippen molar-refractivity contribution in [3.63, 3.8) is 0 Å². The highest BCUT2D eigenvalue weighted by molar-refractivity contribution is 7.89. The van der Waals surface area contributed by atoms with Crippen molar-refractivity contribution in [2.24, 2.45) is 0 Å². The molecule has 0 N–H and O–H groups in total. The van der Waals surface area contributed by atoms with Gasteiger partial charge in [0.1, 0.15) is 0 Å². The molecule has 0 aliphatic carbocycles. The summed E-state index contributed by atoms with van der Waals surface area (Å²) in [6, 6.07) is 14.7. The number of carbonyl (C=O) groups is 1. The molecule has 2 heterocycles. The number of aryl methyl sites for hydroxylation is 2. The number of nitrogens with zero attached hydrogens (tertiary/aromatic N) is 1. The highest BCUT2D eigenvalue weighted by atomic mass is 32.2. The van der Waals surface area contributed by atoms with Gasteiger partial charge in [-0.25, -0.2) is 13.2 Å². The predicted molar refractivity (Wildman–Crippen MR) is 117 cm³/mol. The third-order valence-electron chi connectivity index (χ3n) is 6.16. The van der Waals surface area contributed by atoms with E-state index >= 15 is 0 Å². The van der Waals surface area contributed by atoms with Gasteiger partial charge < -0.3 is 9.47 Å². The number of ether oxygens (including phenoxy) is 2. The molecule has 0 saturated carbocycles. The van der Waals surface area contributed by atoms with Crippen LogP contribution in [0.2, 0.25) is 0 Å². The highest BCUT2D eigenvalue weighted by Crippen LogP contribution is 2.47. The van der Waals surface area contributed by atoms with Gasteiger partial charge in [-0.3, -0.25) is 0 Å². The van der Waals surface area contributed by atoms with Crippen LogP contribution in [0, 0.1) is 13.8 Å². The normalized spacial score (nSPS) is 24.0. The number of allylic oxidation sites excluding steroid dienone is 1. The number of rotatable bonds is 4. The lowest BCUT2D eigenvalue weighted by Gasteiger charge is -2.42. The molecule has 0 aromatic heterocycles. The molecule has 2 aromatic carbocycles. The molecule has 2 aliphatic rings. The molecule has 1 fully saturated rings. The van der Waals surface area contributed by atoms with E-state index in [2.05, 4.69) is 0 Å². The van der Waals surface area contributed by atoms with Gasteiger partial charge in [0.2, 0.25) is 15.8 Å². The Labute approximate surface area is 183 Å². The Morgan fingerprint density at radius 1 is 1.13 bits per heavy atom. The Hall–Kier alpha value is -2.64. The van der Waals surface area contributed by atoms with Gasteiger partial charge in [0.25, 0.3) is 0 Å². The summed E-state index contributed by atoms with van der Waals surface area (Å²) in [5.41, 5.74) is 1.98. The van der Waals surface area contributed by atoms with E-state index in [1.807, 2.05) is 38.1 Å². The molecule has 0 unspecified atom stereocenters. The highest BCUT2D eigenvalue weighted by Gasteiger charge is 2.53. The van der Waals surface area contributed by atoms with Gasteiger partial charge in [-0.1, -0.05) is 42.0 Å². The van der Waals surface area contributed by atoms with Crippen LogP contribution in [0.1, 0.15) is 41.9 Å². The molecule has 7 heteroatoms. The number of carbonyl (C=O) groups excluding carboxylic acids is 1. The van der Waals surface area contributed by atoms with Crippen LogP contribution in [-0.4, -0.2) is 38.1 Å². The van der Waals surface area contributed by atoms with Gasteiger partial charge in [0.15, 0.2) is 5.72 Å². The zero-order valence-corrected chi connectivity index (χ0v) is 18.8. The molecule has 6 nitrogen and oxygen atoms in total. The standard InChI is InChI=1S/C24H27NO5S/c1-17-9-11-20(12-10-17)31(27,28)25-14-6-13-24(25)16-19(15-22(30-24)23(26)29-3)21-8-5-4-7-18(21)2/h4-5,7-12,15,19H,6,13-14,16H2,1-3H3/t19-,24+/m0/s1. The summed E-state index contributed by atoms with van der Waals surface area (Å²) in [4.78, 5) is 12.7. The van der Waals surface area contributed by atoms with Gasteiger partial charge in [0.05, 0.1) is 12.0 Å². The largest absolute Gasteiger partial charge is 0.464 e. The van der Waals surface area contributed by atoms with Gasteiger partial charge in [-0.15, -0.1) is 0 Å². The lowest BCUT2D eigenvalue weighted by atomic mass is 9.85. The molecule has 0 amide bonds. The van der Waals surface area contributed by atoms with Crippen molar-refractivity contribution in [1.82, 2.24) is 4.31 Å². The lowest BCUT2D eigenvalue weighted by Crippen LogP contribution is -2.51. The number of methoxy groups -OCH3 is 1. The van der Waals surface area contributed by atoms with Crippen molar-refractivity contribution in [2.75, 3.05) is 13.7 Å². The molecule has 2 aromatic rings. The van der Waals surface area contributed by atoms with Gasteiger partial charge >= 0.3 is 5.97 Å². The maximum absolute atomic E-state index is 13.6. The van der Waals surface area contributed by atoms with E-state index in [0.717, 1.165) is 16.7 Å². The van der Waals surface area contributed by atoms with Crippen molar-refractivity contribution < 1.29 is 22.7 Å². The van der Waals surface area contributed by atoms with Crippen LogP contribution in [-0.2, 0) is 24.3 Å². The maximum atomic E-state index is 13.6. The third-order valence-corrected chi connectivity index (χ3v) is 8.12. The minimum atomic E-state index is -3.81. The summed E-state index contributed by atoms with van der Waals surface area (Å²) in [7, 11) is -2.51. The molecule has 164 valence electrons. The average molecular weight is 442 g/mol. The topological polar surface area (TPSA) is 72.9 Å². The van der Waals surface area contributed by atoms with Crippen LogP contribution < -0.4 is 0 Å². The van der Waals surface area contributed by atoms with Crippen molar-refractivity contribution in [2.45, 2.75) is 49.6 Å². The first-order chi connectivity index (χ1) is 14.8. The molecule has 2 atom stereocenters. The minimum Gasteiger partial charge on any atom is -0.464 e. The zero-order chi connectivity index (χ0) is 22.2. The monoisotopic (exact) mass is 441 g/mol. The minimum absolute atomic E-state index is 0.0630. The van der Waals surface area contributed by atoms with Crippen molar-refractivity contribution in [1.29, 1.82) is 0 Å². The van der Waals surface area contributed by atoms with Gasteiger partial charge in [-0.05, 0) is 49.6 Å². The van der Waals surface area contributed by atoms with E-state index < -0.39 is 21.7 Å². The fraction of sp³-hybridized carbons (Fsp3) is 0.375. The number of benzene rings is 2. The molecule has 1 saturated heterocycles. The van der Waals surface area contributed by atoms with E-state index in [1.54, 1.807) is 30.3 Å². The van der Waals surface area contributed by atoms with E-state index in [1.165, 1.54) is 11.4 Å². The zero-order valence-electron chi connectivity index (χ0n) is 18.0. The summed E-state index contributed by atoms with van der Waals surface area (Å²) >= 11 is 0. The molecular formula is C24H27NO5S. The van der Waals surface area contributed by atoms with Crippen molar-refractivity contribution >= 4 is 16.0 Å². The van der Waals surface area contributed by atoms with Gasteiger partial charge in [-0.2, -0.15) is 4.31 Å². The Kier molecular flexibility index (Phi) is 5.66. The molecular weight excluding hydrogens is 414 g/mol. The van der Waals surface area contributed by atoms with Crippen LogP contribution in [0.3, 0.4) is 0 Å². The second-order valence-electron chi connectivity index (χ2n) is 8.23. The second kappa shape index (κ2) is 8.13. The van der Waals surface area contributed by atoms with Crippen molar-refractivity contribution in [3.8, 4) is 0 Å². The van der Waals surface area contributed by atoms with E-state index in [-0.39, 0.29) is 16.6 Å². The SMILES string of the molecule is COC(=O)C1=C[C@H](c2ccccc2C)C[C@@]2(CCCN2S(=O)(=O)c2ccc(C)cc2)O1. The Balaban J connectivity index is 1.79. The Bertz CT molecular complexity index is 1120. The molecule has 2 aliphatic heterocycles. The fourth-order valence-corrected chi connectivity index (χ4v) is 6.33. The summed E-state index contributed by atoms with van der Waals surface area (Å²) in [6.07, 6.45) is 3.35. The molecule has 31 heavy (non-hydrogen) atoms. The van der Waals surface area contributed by atoms with E-state index in [9.17, 15) is 13.2 Å². The number of sulfonamides is 1. The first kappa shape index (κ1) is 21.6. The third kappa shape index (κ3) is 3.88. The number of esters is 1. The van der Waals surface area contributed by atoms with E-state index in [4.69, 9.17) is 9.47 Å². The van der Waals surface area contributed by atoms with Crippen LogP contribution in [0.25, 0.3) is 0 Å². The fourth-order valence-electron chi connectivity index (χ4n) is 4.59. The number of hydrogen-bond acceptors (Lipinski definition) is 5. The summed E-state index contributed by atoms with van der Waals surface area (Å²) in [5, 5.41) is 0.